The summed E-state index contributed by atoms with van der Waals surface area (Å²) in [5.74, 6) is 0.0662. The van der Waals surface area contributed by atoms with Crippen molar-refractivity contribution in [3.63, 3.8) is 0 Å². The second-order valence-corrected chi connectivity index (χ2v) is 7.92. The van der Waals surface area contributed by atoms with Gasteiger partial charge in [-0.3, -0.25) is 0 Å². The summed E-state index contributed by atoms with van der Waals surface area (Å²) >= 11 is 0. The molecule has 0 radical (unpaired) electrons. The molecule has 21 heavy (non-hydrogen) atoms. The van der Waals surface area contributed by atoms with Crippen LogP contribution in [-0.2, 0) is 20.5 Å². The van der Waals surface area contributed by atoms with Crippen LogP contribution in [0.4, 0.5) is 0 Å². The molecule has 0 amide bonds. The van der Waals surface area contributed by atoms with Crippen LogP contribution in [0.15, 0.2) is 24.3 Å². The Kier molecular flexibility index (Phi) is 5.79. The number of hydrogen-bond acceptors (Lipinski definition) is 3. The first-order chi connectivity index (χ1) is 9.97. The highest BCUT2D eigenvalue weighted by Gasteiger charge is 2.21. The van der Waals surface area contributed by atoms with Crippen LogP contribution in [0.1, 0.15) is 36.8 Å². The predicted octanol–water partition coefficient (Wildman–Crippen LogP) is 2.72. The largest absolute Gasteiger partial charge is 0.378 e. The number of hydrogen-bond donors (Lipinski definition) is 0. The molecule has 0 spiro atoms. The van der Waals surface area contributed by atoms with Gasteiger partial charge in [0.2, 0.25) is 10.0 Å². The number of benzene rings is 1. The van der Waals surface area contributed by atoms with E-state index in [-0.39, 0.29) is 11.9 Å². The second-order valence-electron chi connectivity index (χ2n) is 5.84. The van der Waals surface area contributed by atoms with Gasteiger partial charge in [-0.2, -0.15) is 0 Å². The van der Waals surface area contributed by atoms with Gasteiger partial charge in [0.1, 0.15) is 0 Å². The lowest BCUT2D eigenvalue weighted by molar-refractivity contribution is 0.00950. The molecule has 118 valence electrons. The molecule has 0 aliphatic carbocycles. The maximum absolute atomic E-state index is 12.4. The average Bonchev–Trinajstić information content (AvgIpc) is 2.45. The molecule has 4 nitrogen and oxygen atoms in total. The fraction of sp³-hybridized carbons (Fsp3) is 0.625. The minimum atomic E-state index is -3.25. The SMILES string of the molecule is Cc1cccc(CS(=O)(=O)N(C)CCC2CCCCO2)c1. The van der Waals surface area contributed by atoms with E-state index >= 15 is 0 Å². The molecular weight excluding hydrogens is 286 g/mol. The van der Waals surface area contributed by atoms with Crippen LogP contribution in [0.2, 0.25) is 0 Å². The summed E-state index contributed by atoms with van der Waals surface area (Å²) in [4.78, 5) is 0. The first-order valence-corrected chi connectivity index (χ1v) is 9.19. The normalized spacial score (nSPS) is 19.9. The maximum Gasteiger partial charge on any atom is 0.218 e. The van der Waals surface area contributed by atoms with Gasteiger partial charge < -0.3 is 4.74 Å². The third-order valence-electron chi connectivity index (χ3n) is 3.95. The van der Waals surface area contributed by atoms with Crippen molar-refractivity contribution in [2.24, 2.45) is 0 Å². The molecule has 2 rings (SSSR count). The van der Waals surface area contributed by atoms with Crippen LogP contribution in [0, 0.1) is 6.92 Å². The van der Waals surface area contributed by atoms with E-state index in [0.717, 1.165) is 37.0 Å². The Labute approximate surface area is 128 Å². The van der Waals surface area contributed by atoms with Crippen LogP contribution < -0.4 is 0 Å². The third kappa shape index (κ3) is 5.09. The lowest BCUT2D eigenvalue weighted by Gasteiger charge is -2.25. The smallest absolute Gasteiger partial charge is 0.218 e. The van der Waals surface area contributed by atoms with Gasteiger partial charge in [0.25, 0.3) is 0 Å². The van der Waals surface area contributed by atoms with Crippen molar-refractivity contribution < 1.29 is 13.2 Å². The zero-order chi connectivity index (χ0) is 15.3. The molecular formula is C16H25NO3S. The first-order valence-electron chi connectivity index (χ1n) is 7.58. The summed E-state index contributed by atoms with van der Waals surface area (Å²) in [5, 5.41) is 0. The van der Waals surface area contributed by atoms with E-state index in [1.165, 1.54) is 10.7 Å². The molecule has 1 aliphatic heterocycles. The second kappa shape index (κ2) is 7.38. The predicted molar refractivity (Wildman–Crippen MR) is 84.6 cm³/mol. The number of sulfonamides is 1. The summed E-state index contributed by atoms with van der Waals surface area (Å²) in [7, 11) is -1.59. The molecule has 0 aromatic heterocycles. The molecule has 1 unspecified atom stereocenters. The Morgan fingerprint density at radius 2 is 2.14 bits per heavy atom. The molecule has 0 saturated carbocycles. The molecule has 1 aliphatic rings. The highest BCUT2D eigenvalue weighted by Crippen LogP contribution is 2.17. The lowest BCUT2D eigenvalue weighted by Crippen LogP contribution is -2.32. The van der Waals surface area contributed by atoms with Crippen LogP contribution >= 0.6 is 0 Å². The lowest BCUT2D eigenvalue weighted by atomic mass is 10.1. The minimum absolute atomic E-state index is 0.0662. The summed E-state index contributed by atoms with van der Waals surface area (Å²) in [6.07, 6.45) is 4.35. The van der Waals surface area contributed by atoms with E-state index in [1.54, 1.807) is 7.05 Å². The quantitative estimate of drug-likeness (QED) is 0.811. The van der Waals surface area contributed by atoms with Crippen molar-refractivity contribution in [2.45, 2.75) is 44.5 Å². The summed E-state index contributed by atoms with van der Waals surface area (Å²) in [5.41, 5.74) is 1.93. The number of ether oxygens (including phenoxy) is 1. The molecule has 5 heteroatoms. The van der Waals surface area contributed by atoms with Gasteiger partial charge in [0.15, 0.2) is 0 Å². The van der Waals surface area contributed by atoms with Crippen LogP contribution in [-0.4, -0.2) is 39.0 Å². The molecule has 1 aromatic rings. The fourth-order valence-corrected chi connectivity index (χ4v) is 3.83. The van der Waals surface area contributed by atoms with Crippen molar-refractivity contribution in [3.05, 3.63) is 35.4 Å². The summed E-state index contributed by atoms with van der Waals surface area (Å²) in [6.45, 7) is 3.31. The molecule has 1 aromatic carbocycles. The fourth-order valence-electron chi connectivity index (χ4n) is 2.62. The molecule has 1 saturated heterocycles. The van der Waals surface area contributed by atoms with E-state index in [2.05, 4.69) is 0 Å². The van der Waals surface area contributed by atoms with E-state index in [1.807, 2.05) is 31.2 Å². The Bertz CT molecular complexity index is 550. The summed E-state index contributed by atoms with van der Waals surface area (Å²) < 4.78 is 31.9. The van der Waals surface area contributed by atoms with Crippen LogP contribution in [0.25, 0.3) is 0 Å². The number of nitrogens with zero attached hydrogens (tertiary/aromatic N) is 1. The summed E-state index contributed by atoms with van der Waals surface area (Å²) in [6, 6.07) is 7.66. The highest BCUT2D eigenvalue weighted by atomic mass is 32.2. The molecule has 0 bridgehead atoms. The van der Waals surface area contributed by atoms with Crippen molar-refractivity contribution >= 4 is 10.0 Å². The van der Waals surface area contributed by atoms with Crippen molar-refractivity contribution in [1.29, 1.82) is 0 Å². The Morgan fingerprint density at radius 1 is 1.33 bits per heavy atom. The molecule has 0 N–H and O–H groups in total. The number of rotatable bonds is 6. The van der Waals surface area contributed by atoms with Gasteiger partial charge in [-0.25, -0.2) is 12.7 Å². The van der Waals surface area contributed by atoms with Crippen molar-refractivity contribution in [2.75, 3.05) is 20.2 Å². The van der Waals surface area contributed by atoms with E-state index in [0.29, 0.717) is 6.54 Å². The topological polar surface area (TPSA) is 46.6 Å². The molecule has 1 fully saturated rings. The third-order valence-corrected chi connectivity index (χ3v) is 5.78. The van der Waals surface area contributed by atoms with E-state index < -0.39 is 10.0 Å². The molecule has 1 atom stereocenters. The van der Waals surface area contributed by atoms with Gasteiger partial charge in [0.05, 0.1) is 11.9 Å². The van der Waals surface area contributed by atoms with E-state index in [4.69, 9.17) is 4.74 Å². The highest BCUT2D eigenvalue weighted by molar-refractivity contribution is 7.88. The maximum atomic E-state index is 12.4. The van der Waals surface area contributed by atoms with Crippen LogP contribution in [0.3, 0.4) is 0 Å². The van der Waals surface area contributed by atoms with Crippen LogP contribution in [0.5, 0.6) is 0 Å². The Balaban J connectivity index is 1.88. The van der Waals surface area contributed by atoms with Crippen molar-refractivity contribution in [3.8, 4) is 0 Å². The standard InChI is InChI=1S/C16H25NO3S/c1-14-6-5-7-15(12-14)13-21(18,19)17(2)10-9-16-8-3-4-11-20-16/h5-7,12,16H,3-4,8-11,13H2,1-2H3. The van der Waals surface area contributed by atoms with Gasteiger partial charge in [-0.05, 0) is 38.2 Å². The van der Waals surface area contributed by atoms with Gasteiger partial charge in [-0.15, -0.1) is 0 Å². The Morgan fingerprint density at radius 3 is 2.81 bits per heavy atom. The monoisotopic (exact) mass is 311 g/mol. The zero-order valence-corrected chi connectivity index (χ0v) is 13.7. The first kappa shape index (κ1) is 16.5. The van der Waals surface area contributed by atoms with Gasteiger partial charge in [0, 0.05) is 20.2 Å². The number of aryl methyl sites for hydroxylation is 1. The Hall–Kier alpha value is -0.910. The molecule has 1 heterocycles. The van der Waals surface area contributed by atoms with E-state index in [9.17, 15) is 8.42 Å². The minimum Gasteiger partial charge on any atom is -0.378 e. The van der Waals surface area contributed by atoms with Gasteiger partial charge >= 0.3 is 0 Å². The van der Waals surface area contributed by atoms with Gasteiger partial charge in [-0.1, -0.05) is 29.8 Å². The average molecular weight is 311 g/mol. The van der Waals surface area contributed by atoms with Crippen molar-refractivity contribution in [1.82, 2.24) is 4.31 Å². The zero-order valence-electron chi connectivity index (χ0n) is 12.9.